The third-order valence-electron chi connectivity index (χ3n) is 5.20. The molecule has 0 saturated carbocycles. The molecule has 1 atom stereocenters. The number of nitrogens with zero attached hydrogens (tertiary/aromatic N) is 3. The van der Waals surface area contributed by atoms with E-state index < -0.39 is 0 Å². The highest BCUT2D eigenvalue weighted by Crippen LogP contribution is 2.40. The standard InChI is InChI=1S/C21H20Cl3N3O/c22-15-11-17(23)20(18(24)12-15)27-21(28)16(13-26-9-5-2-6-10-26)19(25-27)14-7-3-1-4-8-14/h1,3-4,7-8,11-12,16H,2,5-6,9-10,13H2. The maximum Gasteiger partial charge on any atom is 0.258 e. The van der Waals surface area contributed by atoms with Gasteiger partial charge in [0.05, 0.1) is 21.7 Å². The van der Waals surface area contributed by atoms with E-state index in [2.05, 4.69) is 10.0 Å². The van der Waals surface area contributed by atoms with E-state index in [1.165, 1.54) is 11.4 Å². The Morgan fingerprint density at radius 1 is 0.964 bits per heavy atom. The van der Waals surface area contributed by atoms with Gasteiger partial charge in [0.15, 0.2) is 0 Å². The number of hydrogen-bond acceptors (Lipinski definition) is 3. The van der Waals surface area contributed by atoms with Crippen molar-refractivity contribution in [1.29, 1.82) is 0 Å². The second kappa shape index (κ2) is 8.42. The molecular formula is C21H20Cl3N3O. The molecule has 4 nitrogen and oxygen atoms in total. The van der Waals surface area contributed by atoms with E-state index in [9.17, 15) is 4.79 Å². The van der Waals surface area contributed by atoms with Crippen molar-refractivity contribution in [1.82, 2.24) is 4.90 Å². The molecule has 0 bridgehead atoms. The molecule has 0 N–H and O–H groups in total. The van der Waals surface area contributed by atoms with E-state index in [1.54, 1.807) is 12.1 Å². The second-order valence-corrected chi connectivity index (χ2v) is 8.38. The summed E-state index contributed by atoms with van der Waals surface area (Å²) >= 11 is 18.8. The second-order valence-electron chi connectivity index (χ2n) is 7.13. The summed E-state index contributed by atoms with van der Waals surface area (Å²) < 4.78 is 0. The molecule has 2 aromatic carbocycles. The molecule has 1 amide bonds. The van der Waals surface area contributed by atoms with Crippen molar-refractivity contribution in [2.24, 2.45) is 11.0 Å². The van der Waals surface area contributed by atoms with Crippen LogP contribution in [0.1, 0.15) is 24.8 Å². The van der Waals surface area contributed by atoms with Gasteiger partial charge < -0.3 is 4.90 Å². The lowest BCUT2D eigenvalue weighted by Crippen LogP contribution is -2.40. The van der Waals surface area contributed by atoms with Crippen LogP contribution in [0, 0.1) is 5.92 Å². The van der Waals surface area contributed by atoms with E-state index in [4.69, 9.17) is 34.8 Å². The van der Waals surface area contributed by atoms with Gasteiger partial charge in [-0.15, -0.1) is 0 Å². The fourth-order valence-corrected chi connectivity index (χ4v) is 4.80. The molecule has 146 valence electrons. The van der Waals surface area contributed by atoms with Crippen molar-refractivity contribution in [3.05, 3.63) is 63.1 Å². The van der Waals surface area contributed by atoms with Crippen molar-refractivity contribution >= 4 is 52.1 Å². The minimum absolute atomic E-state index is 0.115. The third kappa shape index (κ3) is 3.92. The molecular weight excluding hydrogens is 417 g/mol. The number of hydrazone groups is 1. The third-order valence-corrected chi connectivity index (χ3v) is 5.99. The molecule has 1 unspecified atom stereocenters. The first kappa shape index (κ1) is 19.7. The summed E-state index contributed by atoms with van der Waals surface area (Å²) in [6.07, 6.45) is 3.57. The van der Waals surface area contributed by atoms with E-state index >= 15 is 0 Å². The van der Waals surface area contributed by atoms with E-state index in [1.807, 2.05) is 30.3 Å². The summed E-state index contributed by atoms with van der Waals surface area (Å²) in [6.45, 7) is 2.66. The minimum atomic E-state index is -0.358. The van der Waals surface area contributed by atoms with Crippen LogP contribution >= 0.6 is 34.8 Å². The Kier molecular flexibility index (Phi) is 5.93. The van der Waals surface area contributed by atoms with Crippen LogP contribution in [0.3, 0.4) is 0 Å². The topological polar surface area (TPSA) is 35.9 Å². The molecule has 28 heavy (non-hydrogen) atoms. The quantitative estimate of drug-likeness (QED) is 0.634. The molecule has 2 aliphatic heterocycles. The van der Waals surface area contributed by atoms with E-state index in [0.717, 1.165) is 37.2 Å². The zero-order chi connectivity index (χ0) is 19.7. The number of halogens is 3. The maximum atomic E-state index is 13.4. The van der Waals surface area contributed by atoms with Gasteiger partial charge in [0.25, 0.3) is 5.91 Å². The number of anilines is 1. The van der Waals surface area contributed by atoms with Gasteiger partial charge in [-0.1, -0.05) is 71.6 Å². The van der Waals surface area contributed by atoms with Crippen LogP contribution in [0.15, 0.2) is 47.6 Å². The highest BCUT2D eigenvalue weighted by atomic mass is 35.5. The van der Waals surface area contributed by atoms with Crippen LogP contribution in [0.2, 0.25) is 15.1 Å². The smallest absolute Gasteiger partial charge is 0.258 e. The van der Waals surface area contributed by atoms with Crippen molar-refractivity contribution in [2.45, 2.75) is 19.3 Å². The van der Waals surface area contributed by atoms with Crippen LogP contribution in [0.4, 0.5) is 5.69 Å². The highest BCUT2D eigenvalue weighted by Gasteiger charge is 2.40. The van der Waals surface area contributed by atoms with Crippen molar-refractivity contribution in [2.75, 3.05) is 24.6 Å². The Hall–Kier alpha value is -1.59. The fraction of sp³-hybridized carbons (Fsp3) is 0.333. The predicted molar refractivity (Wildman–Crippen MR) is 116 cm³/mol. The van der Waals surface area contributed by atoms with Crippen LogP contribution in [-0.2, 0) is 4.79 Å². The molecule has 0 radical (unpaired) electrons. The summed E-state index contributed by atoms with van der Waals surface area (Å²) in [5.74, 6) is -0.473. The Morgan fingerprint density at radius 3 is 2.25 bits per heavy atom. The summed E-state index contributed by atoms with van der Waals surface area (Å²) in [5, 5.41) is 7.05. The van der Waals surface area contributed by atoms with Gasteiger partial charge in [-0.05, 0) is 43.6 Å². The number of carbonyl (C=O) groups is 1. The Morgan fingerprint density at radius 2 is 1.61 bits per heavy atom. The molecule has 2 heterocycles. The minimum Gasteiger partial charge on any atom is -0.302 e. The van der Waals surface area contributed by atoms with Gasteiger partial charge in [-0.25, -0.2) is 0 Å². The number of likely N-dealkylation sites (tertiary alicyclic amines) is 1. The van der Waals surface area contributed by atoms with Gasteiger partial charge in [0.2, 0.25) is 0 Å². The monoisotopic (exact) mass is 435 g/mol. The Balaban J connectivity index is 1.73. The Bertz CT molecular complexity index is 887. The van der Waals surface area contributed by atoms with E-state index in [0.29, 0.717) is 27.3 Å². The zero-order valence-corrected chi connectivity index (χ0v) is 17.5. The number of carbonyl (C=O) groups excluding carboxylic acids is 1. The predicted octanol–water partition coefficient (Wildman–Crippen LogP) is 5.50. The first-order valence-electron chi connectivity index (χ1n) is 9.39. The van der Waals surface area contributed by atoms with Gasteiger partial charge >= 0.3 is 0 Å². The van der Waals surface area contributed by atoms with Gasteiger partial charge in [-0.2, -0.15) is 10.1 Å². The molecule has 1 saturated heterocycles. The lowest BCUT2D eigenvalue weighted by molar-refractivity contribution is -0.120. The van der Waals surface area contributed by atoms with Crippen LogP contribution in [0.5, 0.6) is 0 Å². The largest absolute Gasteiger partial charge is 0.302 e. The SMILES string of the molecule is O=C1C(CN2CCCCC2)C(c2ccccc2)=NN1c1c(Cl)cc(Cl)cc1Cl. The molecule has 4 rings (SSSR count). The van der Waals surface area contributed by atoms with Crippen molar-refractivity contribution in [3.63, 3.8) is 0 Å². The Labute approximate surface area is 179 Å². The number of rotatable bonds is 4. The number of benzene rings is 2. The van der Waals surface area contributed by atoms with Crippen molar-refractivity contribution in [3.8, 4) is 0 Å². The lowest BCUT2D eigenvalue weighted by atomic mass is 9.95. The molecule has 2 aromatic rings. The highest BCUT2D eigenvalue weighted by molar-refractivity contribution is 6.43. The summed E-state index contributed by atoms with van der Waals surface area (Å²) in [4.78, 5) is 15.7. The van der Waals surface area contributed by atoms with Crippen LogP contribution < -0.4 is 5.01 Å². The molecule has 0 aromatic heterocycles. The molecule has 0 aliphatic carbocycles. The number of amides is 1. The summed E-state index contributed by atoms with van der Waals surface area (Å²) in [5.41, 5.74) is 2.06. The first-order chi connectivity index (χ1) is 13.5. The zero-order valence-electron chi connectivity index (χ0n) is 15.2. The van der Waals surface area contributed by atoms with Crippen LogP contribution in [0.25, 0.3) is 0 Å². The lowest BCUT2D eigenvalue weighted by Gasteiger charge is -2.29. The fourth-order valence-electron chi connectivity index (χ4n) is 3.82. The van der Waals surface area contributed by atoms with Gasteiger partial charge in [-0.3, -0.25) is 4.79 Å². The van der Waals surface area contributed by atoms with E-state index in [-0.39, 0.29) is 11.8 Å². The average molecular weight is 437 g/mol. The first-order valence-corrected chi connectivity index (χ1v) is 10.5. The van der Waals surface area contributed by atoms with Crippen molar-refractivity contribution < 1.29 is 4.79 Å². The molecule has 7 heteroatoms. The normalized spacial score (nSPS) is 20.5. The average Bonchev–Trinajstić information content (AvgIpc) is 2.99. The molecule has 0 spiro atoms. The van der Waals surface area contributed by atoms with Gasteiger partial charge in [0.1, 0.15) is 5.69 Å². The molecule has 1 fully saturated rings. The molecule has 2 aliphatic rings. The van der Waals surface area contributed by atoms with Crippen LogP contribution in [-0.4, -0.2) is 36.2 Å². The maximum absolute atomic E-state index is 13.4. The summed E-state index contributed by atoms with van der Waals surface area (Å²) in [6, 6.07) is 13.0. The number of piperidine rings is 1. The van der Waals surface area contributed by atoms with Gasteiger partial charge in [0, 0.05) is 11.6 Å². The number of hydrogen-bond donors (Lipinski definition) is 0. The summed E-state index contributed by atoms with van der Waals surface area (Å²) in [7, 11) is 0.